The fourth-order valence-corrected chi connectivity index (χ4v) is 3.62. The van der Waals surface area contributed by atoms with Gasteiger partial charge in [-0.2, -0.15) is 11.8 Å². The van der Waals surface area contributed by atoms with Gasteiger partial charge in [-0.25, -0.2) is 0 Å². The second-order valence-electron chi connectivity index (χ2n) is 8.53. The van der Waals surface area contributed by atoms with Crippen LogP contribution < -0.4 is 14.2 Å². The maximum Gasteiger partial charge on any atom is 0.410 e. The van der Waals surface area contributed by atoms with Crippen LogP contribution in [0.4, 0.5) is 0 Å². The molecule has 8 heteroatoms. The van der Waals surface area contributed by atoms with Crippen molar-refractivity contribution in [2.75, 3.05) is 0 Å². The van der Waals surface area contributed by atoms with Crippen LogP contribution in [0.1, 0.15) is 46.5 Å². The second-order valence-corrected chi connectivity index (χ2v) is 8.53. The van der Waals surface area contributed by atoms with Crippen LogP contribution in [0.5, 0.6) is 17.2 Å². The highest BCUT2D eigenvalue weighted by molar-refractivity contribution is 5.81. The molecule has 1 N–H and O–H groups in total. The first-order valence-corrected chi connectivity index (χ1v) is 12.8. The maximum atomic E-state index is 9.95. The van der Waals surface area contributed by atoms with Crippen LogP contribution in [-0.2, 0) is 0 Å². The minimum absolute atomic E-state index is 0.102. The van der Waals surface area contributed by atoms with Gasteiger partial charge in [-0.05, 0) is 69.0 Å². The van der Waals surface area contributed by atoms with Crippen molar-refractivity contribution in [2.45, 2.75) is 52.1 Å². The van der Waals surface area contributed by atoms with Crippen molar-refractivity contribution in [3.8, 4) is 23.4 Å². The predicted molar refractivity (Wildman–Crippen MR) is 152 cm³/mol. The van der Waals surface area contributed by atoms with Gasteiger partial charge in [0.25, 0.3) is 5.90 Å². The van der Waals surface area contributed by atoms with E-state index in [1.165, 1.54) is 0 Å². The summed E-state index contributed by atoms with van der Waals surface area (Å²) in [6, 6.07) is 27.4. The Morgan fingerprint density at radius 2 is 1.26 bits per heavy atom. The number of nitriles is 1. The molecule has 0 aliphatic heterocycles. The lowest BCUT2D eigenvalue weighted by atomic mass is 9.80. The van der Waals surface area contributed by atoms with Gasteiger partial charge in [0, 0.05) is 5.92 Å². The molecule has 0 unspecified atom stereocenters. The van der Waals surface area contributed by atoms with E-state index < -0.39 is 5.60 Å². The molecule has 0 amide bonds. The third-order valence-electron chi connectivity index (χ3n) is 5.56. The van der Waals surface area contributed by atoms with Crippen molar-refractivity contribution in [3.63, 3.8) is 0 Å². The third kappa shape index (κ3) is 11.5. The van der Waals surface area contributed by atoms with Gasteiger partial charge >= 0.3 is 6.08 Å². The number of hydrogen-bond acceptors (Lipinski definition) is 7. The summed E-state index contributed by atoms with van der Waals surface area (Å²) in [4.78, 5) is 6.59. The van der Waals surface area contributed by atoms with E-state index in [9.17, 15) is 5.11 Å². The number of aliphatic imine (C=N–C) groups is 1. The Morgan fingerprint density at radius 3 is 1.64 bits per heavy atom. The molecule has 8 nitrogen and oxygen atoms in total. The zero-order chi connectivity index (χ0) is 28.3. The molecule has 3 aromatic rings. The highest BCUT2D eigenvalue weighted by Gasteiger charge is 2.33. The number of hydrogen-bond donors (Lipinski definition) is 1. The molecule has 0 spiro atoms. The molecular formula is C31H34N4O4. The molecule has 0 bridgehead atoms. The number of rotatable bonds is 4. The molecular weight excluding hydrogens is 492 g/mol. The first-order chi connectivity index (χ1) is 19.0. The number of benzene rings is 3. The molecule has 0 saturated heterocycles. The van der Waals surface area contributed by atoms with E-state index in [0.29, 0.717) is 36.0 Å². The van der Waals surface area contributed by atoms with Gasteiger partial charge < -0.3 is 19.3 Å². The van der Waals surface area contributed by atoms with Crippen molar-refractivity contribution < 1.29 is 19.3 Å². The Bertz CT molecular complexity index is 1200. The fourth-order valence-electron chi connectivity index (χ4n) is 3.62. The SMILES string of the molecule is CC.N#CN=C(Oc1ccccc1)Oc1ccccc1.[C-]#[N+]/N=C(/Oc1ccccc1)C1CCC(C)(O)CC1. The van der Waals surface area contributed by atoms with Gasteiger partial charge in [0.2, 0.25) is 6.19 Å². The van der Waals surface area contributed by atoms with E-state index in [1.807, 2.05) is 87.5 Å². The van der Waals surface area contributed by atoms with Crippen LogP contribution in [0.3, 0.4) is 0 Å². The Kier molecular flexibility index (Phi) is 13.3. The molecule has 3 aromatic carbocycles. The van der Waals surface area contributed by atoms with Gasteiger partial charge in [0.15, 0.2) is 0 Å². The molecule has 0 heterocycles. The molecule has 39 heavy (non-hydrogen) atoms. The van der Waals surface area contributed by atoms with E-state index in [4.69, 9.17) is 26.0 Å². The molecule has 1 aliphatic rings. The molecule has 4 rings (SSSR count). The lowest BCUT2D eigenvalue weighted by Gasteiger charge is -2.32. The van der Waals surface area contributed by atoms with Gasteiger partial charge in [-0.15, -0.1) is 4.95 Å². The number of ether oxygens (including phenoxy) is 3. The van der Waals surface area contributed by atoms with Gasteiger partial charge in [-0.3, -0.25) is 0 Å². The van der Waals surface area contributed by atoms with Crippen LogP contribution in [0.15, 0.2) is 101 Å². The Morgan fingerprint density at radius 1 is 0.846 bits per heavy atom. The van der Waals surface area contributed by atoms with Crippen molar-refractivity contribution in [2.24, 2.45) is 16.0 Å². The Balaban J connectivity index is 0.000000258. The molecule has 1 aliphatic carbocycles. The monoisotopic (exact) mass is 526 g/mol. The lowest BCUT2D eigenvalue weighted by molar-refractivity contribution is 0.0145. The summed E-state index contributed by atoms with van der Waals surface area (Å²) in [6.07, 6.45) is 4.57. The first kappa shape index (κ1) is 30.6. The van der Waals surface area contributed by atoms with Gasteiger partial charge in [-0.1, -0.05) is 73.4 Å². The topological polar surface area (TPSA) is 101 Å². The van der Waals surface area contributed by atoms with E-state index in [-0.39, 0.29) is 12.0 Å². The summed E-state index contributed by atoms with van der Waals surface area (Å²) in [5, 5.41) is 22.3. The van der Waals surface area contributed by atoms with Crippen LogP contribution in [0.25, 0.3) is 4.95 Å². The highest BCUT2D eigenvalue weighted by atomic mass is 16.7. The Labute approximate surface area is 230 Å². The van der Waals surface area contributed by atoms with Gasteiger partial charge in [0.05, 0.1) is 5.60 Å². The second kappa shape index (κ2) is 17.0. The average Bonchev–Trinajstić information content (AvgIpc) is 2.96. The molecule has 0 atom stereocenters. The molecule has 202 valence electrons. The molecule has 0 radical (unpaired) electrons. The fraction of sp³-hybridized carbons (Fsp3) is 0.290. The van der Waals surface area contributed by atoms with Crippen molar-refractivity contribution in [1.29, 1.82) is 5.26 Å². The van der Waals surface area contributed by atoms with Crippen LogP contribution in [0, 0.1) is 23.9 Å². The summed E-state index contributed by atoms with van der Waals surface area (Å²) in [6.45, 7) is 12.8. The Hall–Kier alpha value is -4.66. The van der Waals surface area contributed by atoms with E-state index >= 15 is 0 Å². The van der Waals surface area contributed by atoms with E-state index in [0.717, 1.165) is 12.8 Å². The quantitative estimate of drug-likeness (QED) is 0.127. The van der Waals surface area contributed by atoms with Crippen LogP contribution in [0.2, 0.25) is 0 Å². The number of para-hydroxylation sites is 3. The number of nitrogens with zero attached hydrogens (tertiary/aromatic N) is 4. The minimum Gasteiger partial charge on any atom is -0.437 e. The van der Waals surface area contributed by atoms with Gasteiger partial charge in [0.1, 0.15) is 22.3 Å². The zero-order valence-electron chi connectivity index (χ0n) is 22.5. The van der Waals surface area contributed by atoms with Crippen LogP contribution >= 0.6 is 0 Å². The maximum absolute atomic E-state index is 9.95. The molecule has 1 fully saturated rings. The zero-order valence-corrected chi connectivity index (χ0v) is 22.5. The molecule has 1 saturated carbocycles. The lowest BCUT2D eigenvalue weighted by Crippen LogP contribution is -2.34. The number of aliphatic hydroxyl groups is 1. The molecule has 0 aromatic heterocycles. The minimum atomic E-state index is -0.591. The summed E-state index contributed by atoms with van der Waals surface area (Å²) >= 11 is 0. The average molecular weight is 527 g/mol. The van der Waals surface area contributed by atoms with Crippen molar-refractivity contribution in [3.05, 3.63) is 103 Å². The third-order valence-corrected chi connectivity index (χ3v) is 5.56. The van der Waals surface area contributed by atoms with Crippen molar-refractivity contribution >= 4 is 12.0 Å². The largest absolute Gasteiger partial charge is 0.437 e. The normalized spacial score (nSPS) is 17.8. The first-order valence-electron chi connectivity index (χ1n) is 12.8. The summed E-state index contributed by atoms with van der Waals surface area (Å²) in [5.41, 5.74) is -0.591. The van der Waals surface area contributed by atoms with E-state index in [2.05, 4.69) is 15.0 Å². The standard InChI is InChI=1S/C15H18N2O2.C14H10N2O2.C2H6/c1-15(18)10-8-12(9-11-15)14(17-16-2)19-13-6-4-3-5-7-13;15-11-16-14(17-12-7-3-1-4-8-12)18-13-9-5-2-6-10-13;1-2/h3-7,12,18H,8-11H2,1H3;1-10H;1-2H3/b17-14+;;. The van der Waals surface area contributed by atoms with Crippen molar-refractivity contribution in [1.82, 2.24) is 0 Å². The summed E-state index contributed by atoms with van der Waals surface area (Å²) < 4.78 is 16.4. The predicted octanol–water partition coefficient (Wildman–Crippen LogP) is 7.25. The smallest absolute Gasteiger partial charge is 0.410 e. The summed E-state index contributed by atoms with van der Waals surface area (Å²) in [7, 11) is 0. The van der Waals surface area contributed by atoms with E-state index in [1.54, 1.807) is 30.5 Å². The highest BCUT2D eigenvalue weighted by Crippen LogP contribution is 2.33. The summed E-state index contributed by atoms with van der Waals surface area (Å²) in [5.74, 6) is 2.40. The van der Waals surface area contributed by atoms with Crippen LogP contribution in [-0.4, -0.2) is 22.7 Å².